The van der Waals surface area contributed by atoms with E-state index in [2.05, 4.69) is 15.6 Å². The Kier molecular flexibility index (Phi) is 6.99. The second-order valence-electron chi connectivity index (χ2n) is 6.12. The number of ether oxygens (including phenoxy) is 1. The number of carbonyl (C=O) groups is 2. The van der Waals surface area contributed by atoms with E-state index in [1.165, 1.54) is 6.20 Å². The first kappa shape index (κ1) is 19.7. The van der Waals surface area contributed by atoms with Gasteiger partial charge >= 0.3 is 6.09 Å². The highest BCUT2D eigenvalue weighted by Crippen LogP contribution is 2.16. The predicted molar refractivity (Wildman–Crippen MR) is 81.2 cm³/mol. The number of rotatable bonds is 6. The highest BCUT2D eigenvalue weighted by atomic mass is 19.3. The number of hydrogen-bond acceptors (Lipinski definition) is 4. The first-order valence-electron chi connectivity index (χ1n) is 7.22. The van der Waals surface area contributed by atoms with Crippen LogP contribution in [0, 0.1) is 11.7 Å². The minimum atomic E-state index is -2.82. The molecule has 1 aromatic heterocycles. The number of alkyl carbamates (subject to hydrolysis) is 1. The molecule has 0 aliphatic rings. The summed E-state index contributed by atoms with van der Waals surface area (Å²) in [5.41, 5.74) is -0.695. The van der Waals surface area contributed by atoms with Crippen molar-refractivity contribution in [1.82, 2.24) is 10.3 Å². The van der Waals surface area contributed by atoms with E-state index < -0.39 is 48.7 Å². The third kappa shape index (κ3) is 7.80. The van der Waals surface area contributed by atoms with Gasteiger partial charge in [-0.15, -0.1) is 0 Å². The van der Waals surface area contributed by atoms with Crippen LogP contribution in [-0.2, 0) is 9.53 Å². The Morgan fingerprint density at radius 2 is 1.96 bits per heavy atom. The molecule has 0 saturated heterocycles. The molecular formula is C15H20F3N3O3. The molecule has 134 valence electrons. The van der Waals surface area contributed by atoms with Crippen LogP contribution in [0.15, 0.2) is 18.5 Å². The zero-order valence-electron chi connectivity index (χ0n) is 13.6. The van der Waals surface area contributed by atoms with Gasteiger partial charge in [-0.1, -0.05) is 0 Å². The standard InChI is InChI=1S/C15H20F3N3O3/c1-15(2,3)24-14(23)20-6-9(13(17)18)4-12(22)21-11-5-10(16)7-19-8-11/h5,7-9,13H,4,6H2,1-3H3,(H,20,23)(H,21,22). The molecule has 0 radical (unpaired) electrons. The van der Waals surface area contributed by atoms with Crippen LogP contribution in [0.5, 0.6) is 0 Å². The van der Waals surface area contributed by atoms with Gasteiger partial charge in [0.25, 0.3) is 0 Å². The van der Waals surface area contributed by atoms with Crippen LogP contribution in [-0.4, -0.2) is 35.6 Å². The summed E-state index contributed by atoms with van der Waals surface area (Å²) in [4.78, 5) is 26.8. The largest absolute Gasteiger partial charge is 0.444 e. The molecule has 2 amide bonds. The lowest BCUT2D eigenvalue weighted by Crippen LogP contribution is -2.38. The fourth-order valence-electron chi connectivity index (χ4n) is 1.71. The summed E-state index contributed by atoms with van der Waals surface area (Å²) >= 11 is 0. The van der Waals surface area contributed by atoms with Crippen LogP contribution in [0.4, 0.5) is 23.7 Å². The third-order valence-corrected chi connectivity index (χ3v) is 2.70. The normalized spacial score (nSPS) is 12.6. The molecule has 0 aromatic carbocycles. The lowest BCUT2D eigenvalue weighted by molar-refractivity contribution is -0.118. The average molecular weight is 347 g/mol. The number of nitrogens with one attached hydrogen (secondary N) is 2. The average Bonchev–Trinajstić information content (AvgIpc) is 2.41. The summed E-state index contributed by atoms with van der Waals surface area (Å²) in [6.45, 7) is 4.48. The van der Waals surface area contributed by atoms with Gasteiger partial charge in [0.05, 0.1) is 18.1 Å². The van der Waals surface area contributed by atoms with Gasteiger partial charge in [0.1, 0.15) is 11.4 Å². The molecule has 1 rings (SSSR count). The van der Waals surface area contributed by atoms with E-state index in [1.54, 1.807) is 20.8 Å². The number of anilines is 1. The maximum atomic E-state index is 13.0. The summed E-state index contributed by atoms with van der Waals surface area (Å²) in [6.07, 6.45) is -2.08. The maximum Gasteiger partial charge on any atom is 0.407 e. The van der Waals surface area contributed by atoms with Crippen LogP contribution in [0.2, 0.25) is 0 Å². The van der Waals surface area contributed by atoms with Gasteiger partial charge in [-0.25, -0.2) is 18.0 Å². The molecule has 1 aromatic rings. The van der Waals surface area contributed by atoms with Crippen molar-refractivity contribution in [3.63, 3.8) is 0 Å². The lowest BCUT2D eigenvalue weighted by Gasteiger charge is -2.21. The number of carbonyl (C=O) groups excluding carboxylic acids is 2. The molecule has 0 fully saturated rings. The van der Waals surface area contributed by atoms with Crippen molar-refractivity contribution < 1.29 is 27.5 Å². The minimum absolute atomic E-state index is 0.0631. The number of nitrogens with zero attached hydrogens (tertiary/aromatic N) is 1. The molecular weight excluding hydrogens is 327 g/mol. The quantitative estimate of drug-likeness (QED) is 0.829. The Morgan fingerprint density at radius 1 is 1.29 bits per heavy atom. The number of amides is 2. The third-order valence-electron chi connectivity index (χ3n) is 2.70. The van der Waals surface area contributed by atoms with E-state index in [-0.39, 0.29) is 5.69 Å². The molecule has 0 aliphatic carbocycles. The topological polar surface area (TPSA) is 80.3 Å². The number of aromatic nitrogens is 1. The molecule has 0 saturated carbocycles. The first-order valence-corrected chi connectivity index (χ1v) is 7.22. The lowest BCUT2D eigenvalue weighted by atomic mass is 10.1. The second-order valence-corrected chi connectivity index (χ2v) is 6.12. The van der Waals surface area contributed by atoms with Crippen molar-refractivity contribution >= 4 is 17.7 Å². The Hall–Kier alpha value is -2.32. The van der Waals surface area contributed by atoms with E-state index >= 15 is 0 Å². The molecule has 2 N–H and O–H groups in total. The molecule has 1 unspecified atom stereocenters. The summed E-state index contributed by atoms with van der Waals surface area (Å²) in [6, 6.07) is 1.02. The van der Waals surface area contributed by atoms with Gasteiger partial charge in [-0.2, -0.15) is 0 Å². The summed E-state index contributed by atoms with van der Waals surface area (Å²) in [5, 5.41) is 4.48. The van der Waals surface area contributed by atoms with E-state index in [0.717, 1.165) is 12.3 Å². The second kappa shape index (κ2) is 8.51. The fourth-order valence-corrected chi connectivity index (χ4v) is 1.71. The molecule has 0 aliphatic heterocycles. The van der Waals surface area contributed by atoms with Crippen molar-refractivity contribution in [2.75, 3.05) is 11.9 Å². The summed E-state index contributed by atoms with van der Waals surface area (Å²) in [5.74, 6) is -2.80. The summed E-state index contributed by atoms with van der Waals surface area (Å²) in [7, 11) is 0. The minimum Gasteiger partial charge on any atom is -0.444 e. The zero-order valence-corrected chi connectivity index (χ0v) is 13.6. The zero-order chi connectivity index (χ0) is 18.3. The predicted octanol–water partition coefficient (Wildman–Crippen LogP) is 2.96. The Morgan fingerprint density at radius 3 is 2.50 bits per heavy atom. The van der Waals surface area contributed by atoms with Gasteiger partial charge in [0.15, 0.2) is 0 Å². The van der Waals surface area contributed by atoms with Gasteiger partial charge < -0.3 is 15.4 Å². The first-order chi connectivity index (χ1) is 11.1. The van der Waals surface area contributed by atoms with Gasteiger partial charge in [-0.3, -0.25) is 9.78 Å². The van der Waals surface area contributed by atoms with Crippen molar-refractivity contribution in [2.24, 2.45) is 5.92 Å². The van der Waals surface area contributed by atoms with Crippen molar-refractivity contribution in [3.8, 4) is 0 Å². The van der Waals surface area contributed by atoms with Crippen molar-refractivity contribution in [1.29, 1.82) is 0 Å². The van der Waals surface area contributed by atoms with Gasteiger partial charge in [-0.05, 0) is 20.8 Å². The molecule has 1 atom stereocenters. The van der Waals surface area contributed by atoms with Crippen LogP contribution < -0.4 is 10.6 Å². The Balaban J connectivity index is 2.53. The molecule has 1 heterocycles. The van der Waals surface area contributed by atoms with E-state index in [4.69, 9.17) is 4.74 Å². The monoisotopic (exact) mass is 347 g/mol. The molecule has 0 spiro atoms. The van der Waals surface area contributed by atoms with Crippen molar-refractivity contribution in [2.45, 2.75) is 39.2 Å². The van der Waals surface area contributed by atoms with Crippen LogP contribution in [0.25, 0.3) is 0 Å². The molecule has 6 nitrogen and oxygen atoms in total. The van der Waals surface area contributed by atoms with E-state index in [1.807, 2.05) is 0 Å². The van der Waals surface area contributed by atoms with Crippen LogP contribution >= 0.6 is 0 Å². The number of pyridine rings is 1. The molecule has 24 heavy (non-hydrogen) atoms. The van der Waals surface area contributed by atoms with Crippen molar-refractivity contribution in [3.05, 3.63) is 24.3 Å². The van der Waals surface area contributed by atoms with Gasteiger partial charge in [0, 0.05) is 24.9 Å². The molecule has 9 heteroatoms. The SMILES string of the molecule is CC(C)(C)OC(=O)NCC(CC(=O)Nc1cncc(F)c1)C(F)F. The van der Waals surface area contributed by atoms with E-state index in [0.29, 0.717) is 0 Å². The van der Waals surface area contributed by atoms with Gasteiger partial charge in [0.2, 0.25) is 12.3 Å². The Labute approximate surface area is 137 Å². The van der Waals surface area contributed by atoms with Crippen LogP contribution in [0.1, 0.15) is 27.2 Å². The number of alkyl halides is 2. The Bertz CT molecular complexity index is 577. The number of halogens is 3. The van der Waals surface area contributed by atoms with Crippen LogP contribution in [0.3, 0.4) is 0 Å². The molecule has 0 bridgehead atoms. The summed E-state index contributed by atoms with van der Waals surface area (Å²) < 4.78 is 43.9. The fraction of sp³-hybridized carbons (Fsp3) is 0.533. The highest BCUT2D eigenvalue weighted by Gasteiger charge is 2.25. The van der Waals surface area contributed by atoms with E-state index in [9.17, 15) is 22.8 Å². The number of hydrogen-bond donors (Lipinski definition) is 2. The smallest absolute Gasteiger partial charge is 0.407 e. The highest BCUT2D eigenvalue weighted by molar-refractivity contribution is 5.90. The maximum absolute atomic E-state index is 13.0.